The Balaban J connectivity index is 2.17. The second kappa shape index (κ2) is 6.12. The highest BCUT2D eigenvalue weighted by Crippen LogP contribution is 2.32. The van der Waals surface area contributed by atoms with Gasteiger partial charge in [-0.05, 0) is 0 Å². The van der Waals surface area contributed by atoms with Crippen molar-refractivity contribution in [2.75, 3.05) is 20.0 Å². The van der Waals surface area contributed by atoms with E-state index in [1.54, 1.807) is 7.05 Å². The van der Waals surface area contributed by atoms with Gasteiger partial charge in [0.1, 0.15) is 6.33 Å². The van der Waals surface area contributed by atoms with Crippen LogP contribution in [0.25, 0.3) is 0 Å². The summed E-state index contributed by atoms with van der Waals surface area (Å²) in [5, 5.41) is 3.89. The van der Waals surface area contributed by atoms with Gasteiger partial charge in [0.05, 0.1) is 25.5 Å². The molecule has 2 N–H and O–H groups in total. The maximum Gasteiger partial charge on any atom is 0.340 e. The van der Waals surface area contributed by atoms with E-state index in [0.29, 0.717) is 17.3 Å². The van der Waals surface area contributed by atoms with E-state index in [2.05, 4.69) is 10.1 Å². The molecule has 0 aliphatic heterocycles. The Bertz CT molecular complexity index is 654. The molecule has 0 saturated heterocycles. The number of esters is 1. The molecule has 0 aliphatic carbocycles. The van der Waals surface area contributed by atoms with E-state index >= 15 is 0 Å². The Morgan fingerprint density at radius 1 is 1.29 bits per heavy atom. The highest BCUT2D eigenvalue weighted by Gasteiger charge is 2.17. The first-order chi connectivity index (χ1) is 10.1. The number of aryl methyl sites for hydroxylation is 1. The van der Waals surface area contributed by atoms with Crippen molar-refractivity contribution >= 4 is 11.7 Å². The van der Waals surface area contributed by atoms with E-state index in [4.69, 9.17) is 19.9 Å². The van der Waals surface area contributed by atoms with E-state index in [1.807, 2.05) is 0 Å². The number of hydrogen-bond donors (Lipinski definition) is 1. The molecule has 1 aromatic carbocycles. The fourth-order valence-corrected chi connectivity index (χ4v) is 1.73. The van der Waals surface area contributed by atoms with Crippen LogP contribution in [0.1, 0.15) is 16.2 Å². The van der Waals surface area contributed by atoms with Crippen molar-refractivity contribution in [3.8, 4) is 11.5 Å². The fourth-order valence-electron chi connectivity index (χ4n) is 1.73. The van der Waals surface area contributed by atoms with E-state index < -0.39 is 5.97 Å². The first-order valence-corrected chi connectivity index (χ1v) is 6.08. The lowest BCUT2D eigenvalue weighted by atomic mass is 10.1. The van der Waals surface area contributed by atoms with Gasteiger partial charge in [-0.25, -0.2) is 9.78 Å². The number of ether oxygens (including phenoxy) is 3. The number of aromatic nitrogens is 3. The molecular formula is C13H16N4O4. The van der Waals surface area contributed by atoms with Crippen molar-refractivity contribution in [2.24, 2.45) is 7.05 Å². The minimum Gasteiger partial charge on any atom is -0.493 e. The Kier molecular flexibility index (Phi) is 4.27. The quantitative estimate of drug-likeness (QED) is 0.641. The van der Waals surface area contributed by atoms with Crippen LogP contribution in [0.4, 0.5) is 5.69 Å². The third kappa shape index (κ3) is 3.04. The summed E-state index contributed by atoms with van der Waals surface area (Å²) < 4.78 is 16.9. The smallest absolute Gasteiger partial charge is 0.340 e. The predicted molar refractivity (Wildman–Crippen MR) is 74.1 cm³/mol. The van der Waals surface area contributed by atoms with Gasteiger partial charge in [-0.15, -0.1) is 0 Å². The molecule has 1 aromatic heterocycles. The molecular weight excluding hydrogens is 276 g/mol. The van der Waals surface area contributed by atoms with E-state index in [-0.39, 0.29) is 17.9 Å². The second-order valence-electron chi connectivity index (χ2n) is 4.17. The van der Waals surface area contributed by atoms with Gasteiger partial charge in [0, 0.05) is 19.2 Å². The van der Waals surface area contributed by atoms with Crippen LogP contribution in [-0.2, 0) is 18.4 Å². The molecule has 8 nitrogen and oxygen atoms in total. The number of benzene rings is 1. The van der Waals surface area contributed by atoms with Crippen molar-refractivity contribution in [2.45, 2.75) is 6.61 Å². The van der Waals surface area contributed by atoms with E-state index in [9.17, 15) is 4.79 Å². The molecule has 0 radical (unpaired) electrons. The van der Waals surface area contributed by atoms with E-state index in [0.717, 1.165) is 0 Å². The van der Waals surface area contributed by atoms with Crippen molar-refractivity contribution in [1.82, 2.24) is 14.8 Å². The van der Waals surface area contributed by atoms with Gasteiger partial charge in [0.2, 0.25) is 0 Å². The summed E-state index contributed by atoms with van der Waals surface area (Å²) in [7, 11) is 4.67. The number of nitrogens with two attached hydrogens (primary N) is 1. The molecule has 0 atom stereocenters. The summed E-state index contributed by atoms with van der Waals surface area (Å²) in [6.45, 7) is 0.00309. The minimum atomic E-state index is -0.573. The number of carbonyl (C=O) groups is 1. The van der Waals surface area contributed by atoms with Crippen LogP contribution in [0.2, 0.25) is 0 Å². The Morgan fingerprint density at radius 2 is 1.95 bits per heavy atom. The highest BCUT2D eigenvalue weighted by molar-refractivity contribution is 5.96. The predicted octanol–water partition coefficient (Wildman–Crippen LogP) is 0.771. The van der Waals surface area contributed by atoms with Crippen LogP contribution in [0.3, 0.4) is 0 Å². The van der Waals surface area contributed by atoms with Gasteiger partial charge >= 0.3 is 5.97 Å². The monoisotopic (exact) mass is 292 g/mol. The lowest BCUT2D eigenvalue weighted by molar-refractivity contribution is 0.0459. The van der Waals surface area contributed by atoms with Gasteiger partial charge in [0.15, 0.2) is 23.9 Å². The largest absolute Gasteiger partial charge is 0.493 e. The van der Waals surface area contributed by atoms with Gasteiger partial charge in [-0.1, -0.05) is 0 Å². The molecule has 112 valence electrons. The first-order valence-electron chi connectivity index (χ1n) is 6.08. The van der Waals surface area contributed by atoms with Crippen molar-refractivity contribution < 1.29 is 19.0 Å². The minimum absolute atomic E-state index is 0.00309. The standard InChI is InChI=1S/C13H16N4O4/c1-17-12(15-7-16-17)6-21-13(18)8-4-10(19-2)11(20-3)5-9(8)14/h4-5,7H,6,14H2,1-3H3. The molecule has 2 rings (SSSR count). The zero-order valence-corrected chi connectivity index (χ0v) is 12.0. The number of nitrogen functional groups attached to an aromatic ring is 1. The van der Waals surface area contributed by atoms with Crippen LogP contribution in [0.5, 0.6) is 11.5 Å². The van der Waals surface area contributed by atoms with Crippen molar-refractivity contribution in [3.63, 3.8) is 0 Å². The third-order valence-corrected chi connectivity index (χ3v) is 2.91. The topological polar surface area (TPSA) is 101 Å². The lowest BCUT2D eigenvalue weighted by Crippen LogP contribution is -2.11. The molecule has 2 aromatic rings. The molecule has 0 fully saturated rings. The van der Waals surface area contributed by atoms with E-state index in [1.165, 1.54) is 37.4 Å². The van der Waals surface area contributed by atoms with Gasteiger partial charge in [-0.3, -0.25) is 4.68 Å². The molecule has 0 amide bonds. The molecule has 21 heavy (non-hydrogen) atoms. The number of nitrogens with zero attached hydrogens (tertiary/aromatic N) is 3. The molecule has 0 saturated carbocycles. The molecule has 0 aliphatic rings. The zero-order chi connectivity index (χ0) is 15.4. The number of hydrogen-bond acceptors (Lipinski definition) is 7. The molecule has 0 unspecified atom stereocenters. The first kappa shape index (κ1) is 14.6. The summed E-state index contributed by atoms with van der Waals surface area (Å²) in [5.41, 5.74) is 6.28. The van der Waals surface area contributed by atoms with Gasteiger partial charge < -0.3 is 19.9 Å². The summed E-state index contributed by atoms with van der Waals surface area (Å²) >= 11 is 0. The van der Waals surface area contributed by atoms with Gasteiger partial charge in [0.25, 0.3) is 0 Å². The summed E-state index contributed by atoms with van der Waals surface area (Å²) in [6.07, 6.45) is 1.38. The van der Waals surface area contributed by atoms with Crippen LogP contribution in [0.15, 0.2) is 18.5 Å². The summed E-state index contributed by atoms with van der Waals surface area (Å²) in [6, 6.07) is 2.99. The second-order valence-corrected chi connectivity index (χ2v) is 4.17. The molecule has 0 spiro atoms. The average molecular weight is 292 g/mol. The number of anilines is 1. The van der Waals surface area contributed by atoms with Crippen LogP contribution in [-0.4, -0.2) is 35.0 Å². The molecule has 0 bridgehead atoms. The van der Waals surface area contributed by atoms with Crippen molar-refractivity contribution in [1.29, 1.82) is 0 Å². The SMILES string of the molecule is COc1cc(N)c(C(=O)OCc2ncnn2C)cc1OC. The average Bonchev–Trinajstić information content (AvgIpc) is 2.89. The fraction of sp³-hybridized carbons (Fsp3) is 0.308. The normalized spacial score (nSPS) is 10.2. The highest BCUT2D eigenvalue weighted by atomic mass is 16.5. The third-order valence-electron chi connectivity index (χ3n) is 2.91. The number of carbonyl (C=O) groups excluding carboxylic acids is 1. The maximum atomic E-state index is 12.1. The maximum absolute atomic E-state index is 12.1. The Labute approximate surface area is 121 Å². The lowest BCUT2D eigenvalue weighted by Gasteiger charge is -2.12. The van der Waals surface area contributed by atoms with Crippen molar-refractivity contribution in [3.05, 3.63) is 29.8 Å². The zero-order valence-electron chi connectivity index (χ0n) is 12.0. The Hall–Kier alpha value is -2.77. The van der Waals surface area contributed by atoms with Crippen LogP contribution in [0, 0.1) is 0 Å². The summed E-state index contributed by atoms with van der Waals surface area (Å²) in [5.74, 6) is 0.802. The van der Waals surface area contributed by atoms with Crippen LogP contribution < -0.4 is 15.2 Å². The van der Waals surface area contributed by atoms with Crippen LogP contribution >= 0.6 is 0 Å². The Morgan fingerprint density at radius 3 is 2.52 bits per heavy atom. The number of methoxy groups -OCH3 is 2. The van der Waals surface area contributed by atoms with Gasteiger partial charge in [-0.2, -0.15) is 5.10 Å². The number of rotatable bonds is 5. The molecule has 1 heterocycles. The molecule has 8 heteroatoms. The summed E-state index contributed by atoms with van der Waals surface area (Å²) in [4.78, 5) is 16.0.